The summed E-state index contributed by atoms with van der Waals surface area (Å²) in [6.45, 7) is -1.48. The summed E-state index contributed by atoms with van der Waals surface area (Å²) in [6.07, 6.45) is -0.483. The maximum Gasteiger partial charge on any atom is 0.370 e. The van der Waals surface area contributed by atoms with Crippen molar-refractivity contribution in [2.75, 3.05) is 24.6 Å². The number of hydrogen-bond acceptors (Lipinski definition) is 14. The number of nitrogens with two attached hydrogens (primary N) is 1. The molecule has 1 aromatic rings. The predicted octanol–water partition coefficient (Wildman–Crippen LogP) is -3.40. The van der Waals surface area contributed by atoms with Crippen molar-refractivity contribution in [3.8, 4) is 0 Å². The fourth-order valence-corrected chi connectivity index (χ4v) is 7.02. The summed E-state index contributed by atoms with van der Waals surface area (Å²) >= 11 is 0.703. The normalized spacial score (nSPS) is 28.9. The van der Waals surface area contributed by atoms with Crippen LogP contribution in [0.25, 0.3) is 0 Å². The maximum absolute atomic E-state index is 12.8. The summed E-state index contributed by atoms with van der Waals surface area (Å²) in [5.74, 6) is -9.72. The third kappa shape index (κ3) is 3.91. The number of carboxylic acids is 2. The van der Waals surface area contributed by atoms with Gasteiger partial charge in [-0.15, -0.1) is 0 Å². The van der Waals surface area contributed by atoms with E-state index in [1.54, 1.807) is 0 Å². The van der Waals surface area contributed by atoms with Crippen LogP contribution in [0.5, 0.6) is 0 Å². The number of aliphatic carboxylic acids is 2. The first-order valence-corrected chi connectivity index (χ1v) is 12.2. The van der Waals surface area contributed by atoms with Crippen LogP contribution in [0.15, 0.2) is 5.16 Å². The van der Waals surface area contributed by atoms with Gasteiger partial charge in [0, 0.05) is 18.1 Å². The third-order valence-electron chi connectivity index (χ3n) is 5.55. The number of sulfone groups is 1. The molecule has 5 N–H and O–H groups in total. The Morgan fingerprint density at radius 1 is 1.34 bits per heavy atom. The average Bonchev–Trinajstić information content (AvgIpc) is 3.31. The molecular formula is C16H16N6O11S2. The van der Waals surface area contributed by atoms with Gasteiger partial charge in [-0.05, 0) is 0 Å². The van der Waals surface area contributed by atoms with Crippen molar-refractivity contribution in [2.45, 2.75) is 17.5 Å². The van der Waals surface area contributed by atoms with Crippen LogP contribution in [0.3, 0.4) is 0 Å². The van der Waals surface area contributed by atoms with E-state index in [0.717, 1.165) is 0 Å². The number of aromatic nitrogens is 2. The number of anilines is 1. The lowest BCUT2D eigenvalue weighted by Gasteiger charge is -2.56. The Bertz CT molecular complexity index is 1280. The summed E-state index contributed by atoms with van der Waals surface area (Å²) in [7, 11) is -4.10. The van der Waals surface area contributed by atoms with Crippen LogP contribution in [0.4, 0.5) is 5.13 Å². The van der Waals surface area contributed by atoms with Crippen molar-refractivity contribution in [3.63, 3.8) is 0 Å². The zero-order valence-electron chi connectivity index (χ0n) is 17.3. The second kappa shape index (κ2) is 8.41. The highest BCUT2D eigenvalue weighted by atomic mass is 32.2. The third-order valence-corrected chi connectivity index (χ3v) is 8.23. The van der Waals surface area contributed by atoms with Crippen molar-refractivity contribution in [1.82, 2.24) is 19.6 Å². The van der Waals surface area contributed by atoms with E-state index in [1.807, 2.05) is 0 Å². The molecule has 4 rings (SSSR count). The lowest BCUT2D eigenvalue weighted by Crippen LogP contribution is -2.80. The Morgan fingerprint density at radius 3 is 2.66 bits per heavy atom. The lowest BCUT2D eigenvalue weighted by molar-refractivity contribution is -0.220. The van der Waals surface area contributed by atoms with Crippen molar-refractivity contribution in [3.05, 3.63) is 5.82 Å². The number of ether oxygens (including phenoxy) is 1. The number of fused-ring (bicyclic) bond motifs is 3. The number of carbonyl (C=O) groups excluding carboxylic acids is 3. The van der Waals surface area contributed by atoms with E-state index in [4.69, 9.17) is 15.6 Å². The van der Waals surface area contributed by atoms with Crippen molar-refractivity contribution in [1.29, 1.82) is 0 Å². The van der Waals surface area contributed by atoms with E-state index in [9.17, 15) is 37.5 Å². The van der Waals surface area contributed by atoms with Crippen molar-refractivity contribution < 1.29 is 52.2 Å². The first-order valence-electron chi connectivity index (χ1n) is 9.68. The Hall–Kier alpha value is -3.87. The summed E-state index contributed by atoms with van der Waals surface area (Å²) in [6, 6.07) is 0. The minimum atomic E-state index is -4.10. The van der Waals surface area contributed by atoms with E-state index in [2.05, 4.69) is 24.7 Å². The largest absolute Gasteiger partial charge is 0.479 e. The maximum atomic E-state index is 12.8. The molecule has 4 heterocycles. The number of rotatable bonds is 8. The van der Waals surface area contributed by atoms with Gasteiger partial charge in [-0.25, -0.2) is 18.0 Å². The molecule has 3 aliphatic heterocycles. The first kappa shape index (κ1) is 24.3. The lowest BCUT2D eigenvalue weighted by atomic mass is 9.86. The SMILES string of the molecule is Nc1nc(/C(=N/OCC(=O)O)C(=O)NC[C@@H]2C(=O)N3[C@@H]2S(=O)(=O)C[C@@H]2CC(=O)O[C@@]23C(=O)O)ns1. The zero-order valence-corrected chi connectivity index (χ0v) is 18.9. The topological polar surface area (TPSA) is 258 Å². The van der Waals surface area contributed by atoms with Gasteiger partial charge in [-0.2, -0.15) is 9.36 Å². The van der Waals surface area contributed by atoms with Crippen molar-refractivity contribution >= 4 is 61.9 Å². The number of nitrogen functional groups attached to an aromatic ring is 1. The smallest absolute Gasteiger partial charge is 0.370 e. The van der Waals surface area contributed by atoms with E-state index in [1.165, 1.54) is 0 Å². The molecule has 17 nitrogen and oxygen atoms in total. The van der Waals surface area contributed by atoms with Gasteiger partial charge in [0.25, 0.3) is 11.6 Å². The van der Waals surface area contributed by atoms with Gasteiger partial charge < -0.3 is 30.8 Å². The monoisotopic (exact) mass is 532 g/mol. The summed E-state index contributed by atoms with van der Waals surface area (Å²) in [5, 5.41) is 22.3. The molecule has 0 aliphatic carbocycles. The molecule has 4 atom stereocenters. The van der Waals surface area contributed by atoms with Crippen LogP contribution in [-0.2, 0) is 43.4 Å². The van der Waals surface area contributed by atoms with Crippen LogP contribution in [0.1, 0.15) is 12.2 Å². The van der Waals surface area contributed by atoms with Gasteiger partial charge in [0.2, 0.25) is 24.1 Å². The second-order valence-corrected chi connectivity index (χ2v) is 10.6. The first-order chi connectivity index (χ1) is 16.4. The number of oxime groups is 1. The van der Waals surface area contributed by atoms with Crippen LogP contribution in [0.2, 0.25) is 0 Å². The van der Waals surface area contributed by atoms with Gasteiger partial charge in [0.15, 0.2) is 20.3 Å². The summed E-state index contributed by atoms with van der Waals surface area (Å²) < 4.78 is 34.4. The number of carboxylic acid groups (broad SMARTS) is 2. The minimum Gasteiger partial charge on any atom is -0.479 e. The molecule has 0 radical (unpaired) electrons. The molecule has 19 heteroatoms. The van der Waals surface area contributed by atoms with Gasteiger partial charge in [-0.3, -0.25) is 19.3 Å². The molecule has 0 bridgehead atoms. The average molecular weight is 532 g/mol. The van der Waals surface area contributed by atoms with Gasteiger partial charge >= 0.3 is 17.9 Å². The van der Waals surface area contributed by atoms with Crippen molar-refractivity contribution in [2.24, 2.45) is 17.0 Å². The van der Waals surface area contributed by atoms with Gasteiger partial charge in [-0.1, -0.05) is 5.16 Å². The molecule has 0 aromatic carbocycles. The van der Waals surface area contributed by atoms with Crippen LogP contribution in [-0.4, -0.2) is 98.3 Å². The highest BCUT2D eigenvalue weighted by Gasteiger charge is 2.74. The fourth-order valence-electron chi connectivity index (χ4n) is 4.19. The molecule has 3 fully saturated rings. The number of nitrogens with zero attached hydrogens (tertiary/aromatic N) is 4. The quantitative estimate of drug-likeness (QED) is 0.110. The van der Waals surface area contributed by atoms with Gasteiger partial charge in [0.05, 0.1) is 24.0 Å². The van der Waals surface area contributed by atoms with E-state index in [-0.39, 0.29) is 11.0 Å². The highest BCUT2D eigenvalue weighted by Crippen LogP contribution is 2.50. The standard InChI is InChI=1S/C16H16N6O11S2/c17-15-19-10(21-34-15)9(20-32-3-7(23)24)11(26)18-2-6-12(27)22-13(6)35(30,31)4-5-1-8(25)33-16(5,22)14(28)29/h5-6,13H,1-4H2,(H,18,26)(H,23,24)(H,28,29)(H2,17,19,21)/b20-9-/t5-,6+,13+,16+/m0/s1. The Labute approximate surface area is 198 Å². The molecule has 0 spiro atoms. The molecule has 0 saturated carbocycles. The number of nitrogens with one attached hydrogen (secondary N) is 1. The minimum absolute atomic E-state index is 0.0449. The molecule has 3 aliphatic rings. The van der Waals surface area contributed by atoms with Crippen LogP contribution in [0, 0.1) is 11.8 Å². The molecule has 0 unspecified atom stereocenters. The Kier molecular flexibility index (Phi) is 5.83. The second-order valence-electron chi connectivity index (χ2n) is 7.68. The Balaban J connectivity index is 1.54. The summed E-state index contributed by atoms with van der Waals surface area (Å²) in [4.78, 5) is 68.8. The Morgan fingerprint density at radius 2 is 2.06 bits per heavy atom. The molecule has 1 aromatic heterocycles. The zero-order chi connectivity index (χ0) is 25.7. The van der Waals surface area contributed by atoms with Gasteiger partial charge in [0.1, 0.15) is 0 Å². The number of carbonyl (C=O) groups is 5. The molecular weight excluding hydrogens is 516 g/mol. The number of amides is 2. The predicted molar refractivity (Wildman–Crippen MR) is 110 cm³/mol. The molecule has 3 saturated heterocycles. The molecule has 2 amide bonds. The fraction of sp³-hybridized carbons (Fsp3) is 0.500. The number of esters is 1. The van der Waals surface area contributed by atoms with Crippen LogP contribution >= 0.6 is 11.5 Å². The molecule has 35 heavy (non-hydrogen) atoms. The van der Waals surface area contributed by atoms with E-state index >= 15 is 0 Å². The van der Waals surface area contributed by atoms with Crippen LogP contribution < -0.4 is 11.1 Å². The number of β-lactam (4-membered cyclic amide) rings is 1. The number of hydrogen-bond donors (Lipinski definition) is 4. The van der Waals surface area contributed by atoms with E-state index < -0.39 is 93.5 Å². The molecule has 188 valence electrons. The van der Waals surface area contributed by atoms with E-state index in [0.29, 0.717) is 16.4 Å². The summed E-state index contributed by atoms with van der Waals surface area (Å²) in [5.41, 5.74) is 2.44. The highest BCUT2D eigenvalue weighted by molar-refractivity contribution is 7.92.